The Hall–Kier alpha value is -2.90. The molecule has 1 amide bonds. The summed E-state index contributed by atoms with van der Waals surface area (Å²) < 4.78 is 6.05. The van der Waals surface area contributed by atoms with Gasteiger partial charge in [-0.3, -0.25) is 19.6 Å². The van der Waals surface area contributed by atoms with E-state index in [2.05, 4.69) is 10.4 Å². The first-order valence-electron chi connectivity index (χ1n) is 7.56. The maximum atomic E-state index is 12.2. The zero-order chi connectivity index (χ0) is 17.7. The van der Waals surface area contributed by atoms with E-state index in [9.17, 15) is 14.9 Å². The van der Waals surface area contributed by atoms with Crippen LogP contribution in [0.4, 0.5) is 5.69 Å². The molecule has 1 heterocycles. The van der Waals surface area contributed by atoms with Crippen molar-refractivity contribution in [1.82, 2.24) is 15.1 Å². The van der Waals surface area contributed by atoms with Crippen LogP contribution in [0.25, 0.3) is 0 Å². The third kappa shape index (κ3) is 4.09. The van der Waals surface area contributed by atoms with Gasteiger partial charge in [0.05, 0.1) is 18.1 Å². The summed E-state index contributed by atoms with van der Waals surface area (Å²) in [6, 6.07) is 7.82. The first-order chi connectivity index (χ1) is 11.4. The van der Waals surface area contributed by atoms with Gasteiger partial charge in [0, 0.05) is 0 Å². The second-order valence-corrected chi connectivity index (χ2v) is 5.42. The van der Waals surface area contributed by atoms with E-state index in [4.69, 9.17) is 4.74 Å². The molecular weight excluding hydrogens is 312 g/mol. The van der Waals surface area contributed by atoms with Crippen LogP contribution in [0.2, 0.25) is 0 Å². The summed E-state index contributed by atoms with van der Waals surface area (Å²) in [5.74, 6) is -0.388. The quantitative estimate of drug-likeness (QED) is 0.620. The van der Waals surface area contributed by atoms with Crippen molar-refractivity contribution in [3.05, 3.63) is 51.7 Å². The summed E-state index contributed by atoms with van der Waals surface area (Å²) in [6.07, 6.45) is 1.92. The van der Waals surface area contributed by atoms with Crippen LogP contribution in [-0.2, 0) is 11.3 Å². The van der Waals surface area contributed by atoms with Crippen molar-refractivity contribution in [3.63, 3.8) is 0 Å². The van der Waals surface area contributed by atoms with Crippen molar-refractivity contribution in [1.29, 1.82) is 0 Å². The van der Waals surface area contributed by atoms with Crippen LogP contribution in [-0.4, -0.2) is 27.7 Å². The number of ether oxygens (including phenoxy) is 1. The molecule has 2 aromatic rings. The number of amides is 1. The molecule has 0 aliphatic carbocycles. The molecule has 0 aliphatic rings. The van der Waals surface area contributed by atoms with Crippen LogP contribution in [0.1, 0.15) is 30.5 Å². The Bertz CT molecular complexity index is 724. The Morgan fingerprint density at radius 2 is 2.08 bits per heavy atom. The lowest BCUT2D eigenvalue weighted by Crippen LogP contribution is -2.31. The SMILES string of the molecule is CCC(NC(=O)Cn1cc([N+](=O)[O-])c(OC)n1)c1ccc(C)cc1. The number of hydrogen-bond acceptors (Lipinski definition) is 5. The Morgan fingerprint density at radius 1 is 1.42 bits per heavy atom. The van der Waals surface area contributed by atoms with E-state index in [0.29, 0.717) is 0 Å². The second-order valence-electron chi connectivity index (χ2n) is 5.42. The maximum Gasteiger partial charge on any atom is 0.350 e. The number of nitrogens with one attached hydrogen (secondary N) is 1. The first-order valence-corrected chi connectivity index (χ1v) is 7.56. The average Bonchev–Trinajstić information content (AvgIpc) is 2.96. The number of aromatic nitrogens is 2. The van der Waals surface area contributed by atoms with E-state index in [1.54, 1.807) is 0 Å². The molecule has 8 nitrogen and oxygen atoms in total. The molecule has 1 atom stereocenters. The van der Waals surface area contributed by atoms with Gasteiger partial charge in [0.15, 0.2) is 0 Å². The minimum atomic E-state index is -0.596. The van der Waals surface area contributed by atoms with Gasteiger partial charge in [-0.1, -0.05) is 36.8 Å². The lowest BCUT2D eigenvalue weighted by Gasteiger charge is -2.17. The van der Waals surface area contributed by atoms with Crippen LogP contribution in [0.3, 0.4) is 0 Å². The zero-order valence-electron chi connectivity index (χ0n) is 13.9. The van der Waals surface area contributed by atoms with Gasteiger partial charge in [0.25, 0.3) is 0 Å². The molecule has 24 heavy (non-hydrogen) atoms. The number of carbonyl (C=O) groups is 1. The molecule has 0 spiro atoms. The van der Waals surface area contributed by atoms with Crippen LogP contribution in [0.15, 0.2) is 30.5 Å². The van der Waals surface area contributed by atoms with Gasteiger partial charge in [0.1, 0.15) is 12.7 Å². The summed E-state index contributed by atoms with van der Waals surface area (Å²) in [7, 11) is 1.30. The summed E-state index contributed by atoms with van der Waals surface area (Å²) in [4.78, 5) is 22.5. The van der Waals surface area contributed by atoms with Crippen molar-refractivity contribution in [3.8, 4) is 5.88 Å². The van der Waals surface area contributed by atoms with E-state index in [0.717, 1.165) is 17.5 Å². The van der Waals surface area contributed by atoms with Gasteiger partial charge in [-0.15, -0.1) is 5.10 Å². The Kier molecular flexibility index (Phi) is 5.51. The zero-order valence-corrected chi connectivity index (χ0v) is 13.9. The molecule has 2 rings (SSSR count). The smallest absolute Gasteiger partial charge is 0.350 e. The third-order valence-electron chi connectivity index (χ3n) is 3.63. The van der Waals surface area contributed by atoms with Crippen LogP contribution < -0.4 is 10.1 Å². The maximum absolute atomic E-state index is 12.2. The molecule has 128 valence electrons. The van der Waals surface area contributed by atoms with E-state index in [1.807, 2.05) is 38.1 Å². The highest BCUT2D eigenvalue weighted by molar-refractivity contribution is 5.76. The van der Waals surface area contributed by atoms with Crippen LogP contribution >= 0.6 is 0 Å². The molecule has 0 fully saturated rings. The molecular formula is C16H20N4O4. The summed E-state index contributed by atoms with van der Waals surface area (Å²) in [5.41, 5.74) is 1.90. The van der Waals surface area contributed by atoms with Gasteiger partial charge in [-0.05, 0) is 18.9 Å². The van der Waals surface area contributed by atoms with Gasteiger partial charge in [0.2, 0.25) is 5.91 Å². The van der Waals surface area contributed by atoms with Crippen molar-refractivity contribution in [2.75, 3.05) is 7.11 Å². The van der Waals surface area contributed by atoms with Crippen molar-refractivity contribution >= 4 is 11.6 Å². The van der Waals surface area contributed by atoms with Crippen molar-refractivity contribution in [2.24, 2.45) is 0 Å². The highest BCUT2D eigenvalue weighted by Crippen LogP contribution is 2.24. The van der Waals surface area contributed by atoms with Gasteiger partial charge in [-0.2, -0.15) is 0 Å². The molecule has 0 saturated carbocycles. The van der Waals surface area contributed by atoms with E-state index >= 15 is 0 Å². The van der Waals surface area contributed by atoms with Gasteiger partial charge in [-0.25, -0.2) is 0 Å². The van der Waals surface area contributed by atoms with Crippen LogP contribution in [0, 0.1) is 17.0 Å². The summed E-state index contributed by atoms with van der Waals surface area (Å²) in [5, 5.41) is 17.7. The Balaban J connectivity index is 2.06. The lowest BCUT2D eigenvalue weighted by atomic mass is 10.0. The highest BCUT2D eigenvalue weighted by Gasteiger charge is 2.21. The standard InChI is InChI=1S/C16H20N4O4/c1-4-13(12-7-5-11(2)6-8-12)17-15(21)10-19-9-14(20(22)23)16(18-19)24-3/h5-9,13H,4,10H2,1-3H3,(H,17,21). The molecule has 1 aromatic heterocycles. The molecule has 8 heteroatoms. The minimum absolute atomic E-state index is 0.113. The number of methoxy groups -OCH3 is 1. The van der Waals surface area contributed by atoms with E-state index in [1.165, 1.54) is 18.0 Å². The fourth-order valence-corrected chi connectivity index (χ4v) is 2.35. The molecule has 1 aromatic carbocycles. The Labute approximate surface area is 139 Å². The van der Waals surface area contributed by atoms with Crippen LogP contribution in [0.5, 0.6) is 5.88 Å². The summed E-state index contributed by atoms with van der Waals surface area (Å²) in [6.45, 7) is 3.86. The number of rotatable bonds is 7. The number of benzene rings is 1. The molecule has 0 aliphatic heterocycles. The summed E-state index contributed by atoms with van der Waals surface area (Å²) >= 11 is 0. The molecule has 0 saturated heterocycles. The Morgan fingerprint density at radius 3 is 2.58 bits per heavy atom. The average molecular weight is 332 g/mol. The largest absolute Gasteiger partial charge is 0.475 e. The fourth-order valence-electron chi connectivity index (χ4n) is 2.35. The van der Waals surface area contributed by atoms with Crippen molar-refractivity contribution < 1.29 is 14.5 Å². The highest BCUT2D eigenvalue weighted by atomic mass is 16.6. The normalized spacial score (nSPS) is 11.8. The van der Waals surface area contributed by atoms with Gasteiger partial charge >= 0.3 is 11.6 Å². The lowest BCUT2D eigenvalue weighted by molar-refractivity contribution is -0.385. The van der Waals surface area contributed by atoms with Crippen molar-refractivity contribution in [2.45, 2.75) is 32.9 Å². The monoisotopic (exact) mass is 332 g/mol. The number of hydrogen-bond donors (Lipinski definition) is 1. The van der Waals surface area contributed by atoms with Gasteiger partial charge < -0.3 is 10.1 Å². The number of nitrogens with zero attached hydrogens (tertiary/aromatic N) is 3. The number of nitro groups is 1. The topological polar surface area (TPSA) is 99.3 Å². The van der Waals surface area contributed by atoms with E-state index < -0.39 is 4.92 Å². The molecule has 1 N–H and O–H groups in total. The fraction of sp³-hybridized carbons (Fsp3) is 0.375. The van der Waals surface area contributed by atoms with E-state index in [-0.39, 0.29) is 30.1 Å². The second kappa shape index (κ2) is 7.58. The molecule has 1 unspecified atom stereocenters. The predicted octanol–water partition coefficient (Wildman–Crippen LogP) is 2.38. The molecule has 0 bridgehead atoms. The number of carbonyl (C=O) groups excluding carboxylic acids is 1. The third-order valence-corrected chi connectivity index (χ3v) is 3.63. The first kappa shape index (κ1) is 17.5. The molecule has 0 radical (unpaired) electrons. The predicted molar refractivity (Wildman–Crippen MR) is 87.8 cm³/mol. The minimum Gasteiger partial charge on any atom is -0.475 e. The number of aryl methyl sites for hydroxylation is 1.